The highest BCUT2D eigenvalue weighted by molar-refractivity contribution is 7.89. The average Bonchev–Trinajstić information content (AvgIpc) is 2.97. The van der Waals surface area contributed by atoms with Crippen LogP contribution in [0.3, 0.4) is 0 Å². The summed E-state index contributed by atoms with van der Waals surface area (Å²) in [6.45, 7) is 0.149. The molecule has 1 saturated carbocycles. The molecule has 2 aromatic carbocycles. The number of pyridine rings is 1. The molecule has 0 spiro atoms. The van der Waals surface area contributed by atoms with E-state index in [1.165, 1.54) is 43.8 Å². The maximum atomic E-state index is 14.5. The number of halogens is 2. The van der Waals surface area contributed by atoms with Crippen molar-refractivity contribution in [1.29, 1.82) is 0 Å². The zero-order chi connectivity index (χ0) is 30.0. The van der Waals surface area contributed by atoms with Crippen LogP contribution in [-0.2, 0) is 21.4 Å². The van der Waals surface area contributed by atoms with Gasteiger partial charge in [-0.2, -0.15) is 4.31 Å². The molecule has 2 amide bonds. The number of benzene rings is 2. The number of carbonyl (C=O) groups excluding carboxylic acids is 2. The number of nitrogens with zero attached hydrogens (tertiary/aromatic N) is 4. The van der Waals surface area contributed by atoms with Gasteiger partial charge < -0.3 is 9.80 Å². The summed E-state index contributed by atoms with van der Waals surface area (Å²) in [5.74, 6) is -3.73. The van der Waals surface area contributed by atoms with Gasteiger partial charge >= 0.3 is 0 Å². The molecule has 1 atom stereocenters. The van der Waals surface area contributed by atoms with Gasteiger partial charge in [0.05, 0.1) is 22.7 Å². The highest BCUT2D eigenvalue weighted by Crippen LogP contribution is 2.34. The van der Waals surface area contributed by atoms with Crippen molar-refractivity contribution < 1.29 is 26.8 Å². The molecule has 5 rings (SSSR count). The molecule has 2 heterocycles. The summed E-state index contributed by atoms with van der Waals surface area (Å²) >= 11 is 0. The molecule has 8 nitrogen and oxygen atoms in total. The Bertz CT molecular complexity index is 1560. The second kappa shape index (κ2) is 12.3. The summed E-state index contributed by atoms with van der Waals surface area (Å²) in [5.41, 5.74) is 1.73. The Morgan fingerprint density at radius 1 is 0.976 bits per heavy atom. The van der Waals surface area contributed by atoms with Gasteiger partial charge in [-0.05, 0) is 61.1 Å². The third kappa shape index (κ3) is 5.94. The topological polar surface area (TPSA) is 90.9 Å². The molecular weight excluding hydrogens is 562 g/mol. The quantitative estimate of drug-likeness (QED) is 0.361. The predicted octanol–water partition coefficient (Wildman–Crippen LogP) is 5.11. The van der Waals surface area contributed by atoms with Crippen LogP contribution < -0.4 is 4.90 Å². The van der Waals surface area contributed by atoms with Crippen LogP contribution in [-0.4, -0.2) is 61.1 Å². The average molecular weight is 597 g/mol. The summed E-state index contributed by atoms with van der Waals surface area (Å²) in [4.78, 5) is 32.9. The first-order chi connectivity index (χ1) is 20.1. The van der Waals surface area contributed by atoms with Gasteiger partial charge in [0.15, 0.2) is 11.6 Å². The van der Waals surface area contributed by atoms with Crippen LogP contribution in [0.5, 0.6) is 0 Å². The predicted molar refractivity (Wildman–Crippen MR) is 154 cm³/mol. The van der Waals surface area contributed by atoms with Crippen LogP contribution in [0.15, 0.2) is 65.7 Å². The second-order valence-corrected chi connectivity index (χ2v) is 13.0. The van der Waals surface area contributed by atoms with Gasteiger partial charge in [-0.1, -0.05) is 43.5 Å². The summed E-state index contributed by atoms with van der Waals surface area (Å²) in [5, 5.41) is 0. The van der Waals surface area contributed by atoms with Crippen molar-refractivity contribution in [2.45, 2.75) is 61.9 Å². The van der Waals surface area contributed by atoms with Crippen LogP contribution >= 0.6 is 0 Å². The fourth-order valence-corrected chi connectivity index (χ4v) is 7.26. The van der Waals surface area contributed by atoms with E-state index >= 15 is 0 Å². The summed E-state index contributed by atoms with van der Waals surface area (Å²) in [7, 11) is -1.73. The van der Waals surface area contributed by atoms with Crippen molar-refractivity contribution in [3.8, 4) is 0 Å². The van der Waals surface area contributed by atoms with Crippen LogP contribution in [0.25, 0.3) is 0 Å². The molecule has 1 aromatic heterocycles. The molecule has 1 aliphatic carbocycles. The van der Waals surface area contributed by atoms with E-state index in [2.05, 4.69) is 11.1 Å². The van der Waals surface area contributed by atoms with Gasteiger partial charge in [0, 0.05) is 32.5 Å². The normalized spacial score (nSPS) is 17.9. The number of anilines is 1. The minimum atomic E-state index is -4.43. The molecule has 42 heavy (non-hydrogen) atoms. The second-order valence-electron chi connectivity index (χ2n) is 11.1. The largest absolute Gasteiger partial charge is 0.345 e. The highest BCUT2D eigenvalue weighted by atomic mass is 32.2. The molecule has 0 unspecified atom stereocenters. The number of carbonyl (C=O) groups is 2. The molecule has 1 saturated heterocycles. The van der Waals surface area contributed by atoms with Crippen molar-refractivity contribution in [3.63, 3.8) is 0 Å². The Balaban J connectivity index is 1.41. The molecule has 0 bridgehead atoms. The number of sulfonamides is 1. The smallest absolute Gasteiger partial charge is 0.256 e. The third-order valence-electron chi connectivity index (χ3n) is 8.08. The number of para-hydroxylation sites is 1. The van der Waals surface area contributed by atoms with Gasteiger partial charge in [-0.25, -0.2) is 17.2 Å². The molecule has 1 aliphatic heterocycles. The van der Waals surface area contributed by atoms with Crippen molar-refractivity contribution in [2.24, 2.45) is 0 Å². The molecule has 11 heteroatoms. The lowest BCUT2D eigenvalue weighted by molar-refractivity contribution is -0.125. The minimum absolute atomic E-state index is 0.0195. The van der Waals surface area contributed by atoms with Gasteiger partial charge in [0.2, 0.25) is 15.9 Å². The van der Waals surface area contributed by atoms with E-state index in [1.54, 1.807) is 24.3 Å². The Labute approximate surface area is 245 Å². The van der Waals surface area contributed by atoms with Gasteiger partial charge in [0.1, 0.15) is 6.04 Å². The summed E-state index contributed by atoms with van der Waals surface area (Å²) < 4.78 is 57.0. The molecule has 0 N–H and O–H groups in total. The van der Waals surface area contributed by atoms with Crippen LogP contribution in [0.1, 0.15) is 66.1 Å². The number of amides is 2. The molecular formula is C31H34F2N4O4S. The lowest BCUT2D eigenvalue weighted by atomic mass is 9.85. The van der Waals surface area contributed by atoms with E-state index in [0.717, 1.165) is 28.1 Å². The van der Waals surface area contributed by atoms with E-state index in [-0.39, 0.29) is 19.5 Å². The first-order valence-electron chi connectivity index (χ1n) is 14.1. The first-order valence-corrected chi connectivity index (χ1v) is 15.6. The van der Waals surface area contributed by atoms with E-state index in [4.69, 9.17) is 0 Å². The molecule has 2 fully saturated rings. The zero-order valence-electron chi connectivity index (χ0n) is 23.7. The lowest BCUT2D eigenvalue weighted by Gasteiger charge is -2.41. The fraction of sp³-hybridized carbons (Fsp3) is 0.387. The number of hydrogen-bond donors (Lipinski definition) is 0. The van der Waals surface area contributed by atoms with Crippen LogP contribution in [0.4, 0.5) is 14.5 Å². The Morgan fingerprint density at radius 3 is 2.29 bits per heavy atom. The maximum Gasteiger partial charge on any atom is 0.256 e. The third-order valence-corrected chi connectivity index (χ3v) is 9.96. The summed E-state index contributed by atoms with van der Waals surface area (Å²) in [6.07, 6.45) is 8.09. The van der Waals surface area contributed by atoms with E-state index in [1.807, 2.05) is 18.3 Å². The Kier molecular flexibility index (Phi) is 8.70. The Morgan fingerprint density at radius 2 is 1.69 bits per heavy atom. The fourth-order valence-electron chi connectivity index (χ4n) is 5.60. The van der Waals surface area contributed by atoms with E-state index in [9.17, 15) is 26.8 Å². The molecule has 2 aliphatic rings. The lowest BCUT2D eigenvalue weighted by Crippen LogP contribution is -2.59. The van der Waals surface area contributed by atoms with E-state index in [0.29, 0.717) is 23.4 Å². The molecule has 222 valence electrons. The van der Waals surface area contributed by atoms with Gasteiger partial charge in [-0.3, -0.25) is 14.6 Å². The molecule has 0 radical (unpaired) electrons. The van der Waals surface area contributed by atoms with Crippen molar-refractivity contribution in [1.82, 2.24) is 14.2 Å². The SMILES string of the molecule is CN(C)C(=O)c1cc(S(=O)(=O)N2CC[C@@H]2C(=O)N(Cc2ccc(C3CCCCC3)cn2)c2ccccc2)cc(F)c1F. The number of hydrogen-bond acceptors (Lipinski definition) is 5. The standard InChI is InChI=1S/C31H34F2N4O4S/c1-35(2)30(38)26-17-25(18-27(32)29(26)33)42(40,41)37-16-15-28(37)31(39)36(24-11-7-4-8-12-24)20-23-14-13-22(19-34-23)21-9-5-3-6-10-21/h4,7-8,11-14,17-19,21,28H,3,5-6,9-10,15-16,20H2,1-2H3/t28-/m1/s1. The van der Waals surface area contributed by atoms with Crippen molar-refractivity contribution >= 4 is 27.5 Å². The Hall–Kier alpha value is -3.70. The van der Waals surface area contributed by atoms with Gasteiger partial charge in [-0.15, -0.1) is 0 Å². The van der Waals surface area contributed by atoms with Crippen molar-refractivity contribution in [2.75, 3.05) is 25.5 Å². The van der Waals surface area contributed by atoms with Crippen LogP contribution in [0.2, 0.25) is 0 Å². The highest BCUT2D eigenvalue weighted by Gasteiger charge is 2.45. The van der Waals surface area contributed by atoms with Crippen LogP contribution in [0, 0.1) is 11.6 Å². The summed E-state index contributed by atoms with van der Waals surface area (Å²) in [6, 6.07) is 13.2. The number of rotatable bonds is 8. The zero-order valence-corrected chi connectivity index (χ0v) is 24.5. The van der Waals surface area contributed by atoms with Crippen molar-refractivity contribution in [3.05, 3.63) is 89.2 Å². The molecule has 3 aromatic rings. The maximum absolute atomic E-state index is 14.5. The minimum Gasteiger partial charge on any atom is -0.345 e. The number of aromatic nitrogens is 1. The monoisotopic (exact) mass is 596 g/mol. The first kappa shape index (κ1) is 29.8. The van der Waals surface area contributed by atoms with E-state index < -0.39 is 50.0 Å². The van der Waals surface area contributed by atoms with Gasteiger partial charge in [0.25, 0.3) is 5.91 Å².